The van der Waals surface area contributed by atoms with Crippen molar-refractivity contribution in [3.63, 3.8) is 0 Å². The van der Waals surface area contributed by atoms with Gasteiger partial charge in [0.05, 0.1) is 6.04 Å². The summed E-state index contributed by atoms with van der Waals surface area (Å²) in [7, 11) is 0. The van der Waals surface area contributed by atoms with Crippen LogP contribution in [0.2, 0.25) is 0 Å². The van der Waals surface area contributed by atoms with Crippen LogP contribution < -0.4 is 0 Å². The first-order chi connectivity index (χ1) is 13.3. The Morgan fingerprint density at radius 3 is 2.43 bits per heavy atom. The molecule has 4 rings (SSSR count). The smallest absolute Gasteiger partial charge is 0.254 e. The van der Waals surface area contributed by atoms with Crippen molar-refractivity contribution < 1.29 is 14.0 Å². The molecule has 5 nitrogen and oxygen atoms in total. The van der Waals surface area contributed by atoms with Gasteiger partial charge in [0.15, 0.2) is 0 Å². The Bertz CT molecular complexity index is 925. The quantitative estimate of drug-likeness (QED) is 0.803. The molecule has 6 heteroatoms. The SMILES string of the molecule is CC(=O)N1C[C@H]2CN(C(=O)c3cc(C)nc(C)c3)C[C@H]2[C@H]1c1cccc(F)c1. The van der Waals surface area contributed by atoms with E-state index in [1.807, 2.05) is 41.8 Å². The maximum absolute atomic E-state index is 13.8. The van der Waals surface area contributed by atoms with Gasteiger partial charge in [0.1, 0.15) is 5.82 Å². The Morgan fingerprint density at radius 2 is 1.79 bits per heavy atom. The Hall–Kier alpha value is -2.76. The first kappa shape index (κ1) is 18.6. The highest BCUT2D eigenvalue weighted by Gasteiger charge is 2.49. The van der Waals surface area contributed by atoms with E-state index in [0.717, 1.165) is 17.0 Å². The number of hydrogen-bond donors (Lipinski definition) is 0. The van der Waals surface area contributed by atoms with E-state index in [-0.39, 0.29) is 35.5 Å². The fourth-order valence-corrected chi connectivity index (χ4v) is 4.79. The summed E-state index contributed by atoms with van der Waals surface area (Å²) in [6, 6.07) is 9.89. The van der Waals surface area contributed by atoms with E-state index in [2.05, 4.69) is 4.98 Å². The van der Waals surface area contributed by atoms with Crippen LogP contribution in [0.5, 0.6) is 0 Å². The molecule has 0 N–H and O–H groups in total. The predicted octanol–water partition coefficient (Wildman–Crippen LogP) is 3.13. The highest BCUT2D eigenvalue weighted by Crippen LogP contribution is 2.45. The highest BCUT2D eigenvalue weighted by atomic mass is 19.1. The highest BCUT2D eigenvalue weighted by molar-refractivity contribution is 5.94. The van der Waals surface area contributed by atoms with Crippen molar-refractivity contribution in [3.05, 3.63) is 64.7 Å². The minimum absolute atomic E-state index is 0.00429. The zero-order valence-corrected chi connectivity index (χ0v) is 16.4. The molecule has 146 valence electrons. The molecule has 2 amide bonds. The summed E-state index contributed by atoms with van der Waals surface area (Å²) in [5, 5.41) is 0. The van der Waals surface area contributed by atoms with Crippen LogP contribution >= 0.6 is 0 Å². The average Bonchev–Trinajstić information content (AvgIpc) is 3.18. The topological polar surface area (TPSA) is 53.5 Å². The van der Waals surface area contributed by atoms with E-state index in [4.69, 9.17) is 0 Å². The van der Waals surface area contributed by atoms with Crippen molar-refractivity contribution in [3.8, 4) is 0 Å². The summed E-state index contributed by atoms with van der Waals surface area (Å²) in [5.41, 5.74) is 3.09. The zero-order valence-electron chi connectivity index (χ0n) is 16.4. The van der Waals surface area contributed by atoms with Gasteiger partial charge in [-0.1, -0.05) is 12.1 Å². The molecule has 2 aliphatic rings. The van der Waals surface area contributed by atoms with Crippen molar-refractivity contribution in [1.29, 1.82) is 0 Å². The minimum atomic E-state index is -0.307. The molecule has 2 fully saturated rings. The molecule has 2 aliphatic heterocycles. The second-order valence-corrected chi connectivity index (χ2v) is 7.94. The summed E-state index contributed by atoms with van der Waals surface area (Å²) >= 11 is 0. The van der Waals surface area contributed by atoms with E-state index >= 15 is 0 Å². The van der Waals surface area contributed by atoms with Crippen molar-refractivity contribution >= 4 is 11.8 Å². The van der Waals surface area contributed by atoms with Crippen LogP contribution in [-0.4, -0.2) is 46.2 Å². The van der Waals surface area contributed by atoms with Crippen molar-refractivity contribution in [1.82, 2.24) is 14.8 Å². The molecule has 0 bridgehead atoms. The van der Waals surface area contributed by atoms with E-state index in [1.54, 1.807) is 13.0 Å². The number of pyridine rings is 1. The summed E-state index contributed by atoms with van der Waals surface area (Å²) in [6.07, 6.45) is 0. The lowest BCUT2D eigenvalue weighted by Gasteiger charge is -2.29. The summed E-state index contributed by atoms with van der Waals surface area (Å²) < 4.78 is 13.8. The molecule has 0 spiro atoms. The molecule has 2 saturated heterocycles. The fourth-order valence-electron chi connectivity index (χ4n) is 4.79. The molecule has 1 aromatic heterocycles. The second-order valence-electron chi connectivity index (χ2n) is 7.94. The van der Waals surface area contributed by atoms with Gasteiger partial charge in [-0.05, 0) is 43.7 Å². The Kier molecular flexibility index (Phi) is 4.65. The van der Waals surface area contributed by atoms with Crippen LogP contribution in [0, 0.1) is 31.5 Å². The molecular weight excluding hydrogens is 357 g/mol. The van der Waals surface area contributed by atoms with Gasteiger partial charge >= 0.3 is 0 Å². The van der Waals surface area contributed by atoms with Gasteiger partial charge in [0.25, 0.3) is 5.91 Å². The van der Waals surface area contributed by atoms with Crippen molar-refractivity contribution in [2.75, 3.05) is 19.6 Å². The number of benzene rings is 1. The molecule has 0 saturated carbocycles. The Morgan fingerprint density at radius 1 is 1.07 bits per heavy atom. The van der Waals surface area contributed by atoms with Crippen LogP contribution in [0.1, 0.15) is 40.3 Å². The fraction of sp³-hybridized carbons (Fsp3) is 0.409. The number of hydrogen-bond acceptors (Lipinski definition) is 3. The molecular formula is C22H24FN3O2. The molecule has 3 heterocycles. The third-order valence-corrected chi connectivity index (χ3v) is 5.87. The van der Waals surface area contributed by atoms with Gasteiger partial charge in [0.2, 0.25) is 5.91 Å². The van der Waals surface area contributed by atoms with Gasteiger partial charge in [0, 0.05) is 55.3 Å². The molecule has 1 aromatic carbocycles. The van der Waals surface area contributed by atoms with Crippen LogP contribution in [0.15, 0.2) is 36.4 Å². The van der Waals surface area contributed by atoms with Gasteiger partial charge in [-0.15, -0.1) is 0 Å². The normalized spacial score (nSPS) is 23.8. The molecule has 0 radical (unpaired) electrons. The van der Waals surface area contributed by atoms with Gasteiger partial charge in [-0.3, -0.25) is 14.6 Å². The van der Waals surface area contributed by atoms with E-state index < -0.39 is 0 Å². The number of aryl methyl sites for hydroxylation is 2. The largest absolute Gasteiger partial charge is 0.338 e. The first-order valence-electron chi connectivity index (χ1n) is 9.60. The Balaban J connectivity index is 1.61. The van der Waals surface area contributed by atoms with Crippen LogP contribution in [-0.2, 0) is 4.79 Å². The van der Waals surface area contributed by atoms with Gasteiger partial charge < -0.3 is 9.80 Å². The predicted molar refractivity (Wildman–Crippen MR) is 103 cm³/mol. The monoisotopic (exact) mass is 381 g/mol. The van der Waals surface area contributed by atoms with E-state index in [0.29, 0.717) is 25.2 Å². The number of nitrogens with zero attached hydrogens (tertiary/aromatic N) is 3. The standard InChI is InChI=1S/C22H24FN3O2/c1-13-7-17(8-14(2)24-13)22(28)25-10-18-11-26(15(3)27)21(20(18)12-25)16-5-4-6-19(23)9-16/h4-9,18,20-21H,10-12H2,1-3H3/t18-,20-,21-/m1/s1. The lowest BCUT2D eigenvalue weighted by Crippen LogP contribution is -2.36. The number of halogens is 1. The molecule has 28 heavy (non-hydrogen) atoms. The van der Waals surface area contributed by atoms with Crippen LogP contribution in [0.25, 0.3) is 0 Å². The summed E-state index contributed by atoms with van der Waals surface area (Å²) in [6.45, 7) is 7.09. The maximum atomic E-state index is 13.8. The van der Waals surface area contributed by atoms with Crippen molar-refractivity contribution in [2.24, 2.45) is 11.8 Å². The number of carbonyl (C=O) groups excluding carboxylic acids is 2. The second kappa shape index (κ2) is 7.00. The number of likely N-dealkylation sites (tertiary alicyclic amines) is 2. The van der Waals surface area contributed by atoms with Crippen molar-refractivity contribution in [2.45, 2.75) is 26.8 Å². The summed E-state index contributed by atoms with van der Waals surface area (Å²) in [4.78, 5) is 33.3. The third kappa shape index (κ3) is 3.28. The molecule has 3 atom stereocenters. The number of carbonyl (C=O) groups is 2. The number of fused-ring (bicyclic) bond motifs is 1. The Labute approximate surface area is 164 Å². The van der Waals surface area contributed by atoms with E-state index in [9.17, 15) is 14.0 Å². The molecule has 2 aromatic rings. The lowest BCUT2D eigenvalue weighted by atomic mass is 9.89. The minimum Gasteiger partial charge on any atom is -0.338 e. The van der Waals surface area contributed by atoms with Crippen LogP contribution in [0.4, 0.5) is 4.39 Å². The maximum Gasteiger partial charge on any atom is 0.254 e. The lowest BCUT2D eigenvalue weighted by molar-refractivity contribution is -0.130. The summed E-state index contributed by atoms with van der Waals surface area (Å²) in [5.74, 6) is -0.0146. The number of rotatable bonds is 2. The molecule has 0 aliphatic carbocycles. The number of aromatic nitrogens is 1. The van der Waals surface area contributed by atoms with E-state index in [1.165, 1.54) is 12.1 Å². The average molecular weight is 381 g/mol. The third-order valence-electron chi connectivity index (χ3n) is 5.87. The first-order valence-corrected chi connectivity index (χ1v) is 9.60. The zero-order chi connectivity index (χ0) is 20.0. The van der Waals surface area contributed by atoms with Gasteiger partial charge in [-0.2, -0.15) is 0 Å². The molecule has 0 unspecified atom stereocenters. The van der Waals surface area contributed by atoms with Gasteiger partial charge in [-0.25, -0.2) is 4.39 Å². The number of amides is 2. The van der Waals surface area contributed by atoms with Crippen LogP contribution in [0.3, 0.4) is 0 Å².